The van der Waals surface area contributed by atoms with E-state index in [0.29, 0.717) is 5.82 Å². The molecule has 0 aromatic carbocycles. The van der Waals surface area contributed by atoms with Crippen molar-refractivity contribution < 1.29 is 15.0 Å². The molecule has 15 heavy (non-hydrogen) atoms. The number of tetrazole rings is 1. The van der Waals surface area contributed by atoms with E-state index in [-0.39, 0.29) is 5.92 Å². The average Bonchev–Trinajstić information content (AvgIpc) is 2.87. The highest BCUT2D eigenvalue weighted by atomic mass is 16.4. The van der Waals surface area contributed by atoms with Crippen LogP contribution in [0.25, 0.3) is 0 Å². The third kappa shape index (κ3) is 1.82. The molecule has 1 aliphatic carbocycles. The van der Waals surface area contributed by atoms with Gasteiger partial charge in [0.25, 0.3) is 0 Å². The van der Waals surface area contributed by atoms with Gasteiger partial charge in [-0.1, -0.05) is 0 Å². The summed E-state index contributed by atoms with van der Waals surface area (Å²) in [5.74, 6) is -0.317. The summed E-state index contributed by atoms with van der Waals surface area (Å²) in [5, 5.41) is 29.2. The predicted octanol–water partition coefficient (Wildman–Crippen LogP) is -0.443. The molecule has 2 N–H and O–H groups in total. The summed E-state index contributed by atoms with van der Waals surface area (Å²) in [6.45, 7) is 1.41. The van der Waals surface area contributed by atoms with Crippen LogP contribution >= 0.6 is 0 Å². The van der Waals surface area contributed by atoms with Crippen molar-refractivity contribution in [3.05, 3.63) is 5.82 Å². The summed E-state index contributed by atoms with van der Waals surface area (Å²) >= 11 is 0. The van der Waals surface area contributed by atoms with Crippen LogP contribution in [0.5, 0.6) is 0 Å². The van der Waals surface area contributed by atoms with Gasteiger partial charge in [-0.25, -0.2) is 9.48 Å². The van der Waals surface area contributed by atoms with Crippen LogP contribution in [-0.4, -0.2) is 42.5 Å². The van der Waals surface area contributed by atoms with Crippen molar-refractivity contribution in [3.63, 3.8) is 0 Å². The minimum absolute atomic E-state index is 0.251. The highest BCUT2D eigenvalue weighted by molar-refractivity contribution is 5.72. The molecule has 0 spiro atoms. The quantitative estimate of drug-likeness (QED) is 0.701. The molecule has 1 heterocycles. The van der Waals surface area contributed by atoms with Crippen LogP contribution in [0.4, 0.5) is 0 Å². The molecule has 0 radical (unpaired) electrons. The van der Waals surface area contributed by atoms with Gasteiger partial charge in [-0.15, -0.1) is 5.10 Å². The van der Waals surface area contributed by atoms with Crippen LogP contribution in [0.3, 0.4) is 0 Å². The number of carboxylic acid groups (broad SMARTS) is 1. The molecule has 82 valence electrons. The summed E-state index contributed by atoms with van der Waals surface area (Å²) in [7, 11) is 0. The van der Waals surface area contributed by atoms with Gasteiger partial charge in [0, 0.05) is 5.92 Å². The highest BCUT2D eigenvalue weighted by Crippen LogP contribution is 2.39. The zero-order valence-corrected chi connectivity index (χ0v) is 8.24. The second-order valence-corrected chi connectivity index (χ2v) is 3.78. The molecule has 7 heteroatoms. The van der Waals surface area contributed by atoms with Crippen LogP contribution in [0, 0.1) is 0 Å². The molecule has 2 unspecified atom stereocenters. The number of hydrogen-bond donors (Lipinski definition) is 2. The van der Waals surface area contributed by atoms with Gasteiger partial charge in [-0.05, 0) is 30.2 Å². The fourth-order valence-electron chi connectivity index (χ4n) is 1.52. The molecule has 0 amide bonds. The molecule has 1 aromatic heterocycles. The molecule has 2 rings (SSSR count). The van der Waals surface area contributed by atoms with E-state index in [2.05, 4.69) is 15.5 Å². The van der Waals surface area contributed by atoms with Gasteiger partial charge >= 0.3 is 5.97 Å². The lowest BCUT2D eigenvalue weighted by Gasteiger charge is -2.16. The summed E-state index contributed by atoms with van der Waals surface area (Å²) in [6.07, 6.45) is 0.933. The molecular formula is C8H12N4O3. The normalized spacial score (nSPS) is 19.9. The Kier molecular flexibility index (Phi) is 2.39. The minimum atomic E-state index is -1.13. The van der Waals surface area contributed by atoms with Crippen LogP contribution in [0.2, 0.25) is 0 Å². The van der Waals surface area contributed by atoms with Gasteiger partial charge in [0.1, 0.15) is 0 Å². The molecule has 7 nitrogen and oxygen atoms in total. The van der Waals surface area contributed by atoms with E-state index < -0.39 is 18.1 Å². The lowest BCUT2D eigenvalue weighted by atomic mass is 10.2. The smallest absolute Gasteiger partial charge is 0.331 e. The van der Waals surface area contributed by atoms with Crippen molar-refractivity contribution in [2.75, 3.05) is 0 Å². The Morgan fingerprint density at radius 2 is 2.27 bits per heavy atom. The molecule has 0 saturated heterocycles. The molecular weight excluding hydrogens is 200 g/mol. The van der Waals surface area contributed by atoms with Gasteiger partial charge in [0.05, 0.1) is 6.10 Å². The Hall–Kier alpha value is -1.50. The fourth-order valence-corrected chi connectivity index (χ4v) is 1.52. The van der Waals surface area contributed by atoms with E-state index >= 15 is 0 Å². The lowest BCUT2D eigenvalue weighted by molar-refractivity contribution is -0.144. The predicted molar refractivity (Wildman–Crippen MR) is 48.1 cm³/mol. The van der Waals surface area contributed by atoms with Crippen molar-refractivity contribution in [2.45, 2.75) is 37.8 Å². The maximum absolute atomic E-state index is 11.0. The Bertz CT molecular complexity index is 372. The number of carboxylic acids is 1. The van der Waals surface area contributed by atoms with E-state index in [1.165, 1.54) is 11.6 Å². The van der Waals surface area contributed by atoms with Crippen molar-refractivity contribution in [2.24, 2.45) is 0 Å². The molecule has 1 saturated carbocycles. The SMILES string of the molecule is CC(O)C(C(=O)O)n1nnnc1C1CC1. The molecule has 0 aliphatic heterocycles. The molecule has 1 aromatic rings. The zero-order chi connectivity index (χ0) is 11.0. The number of aromatic nitrogens is 4. The third-order valence-corrected chi connectivity index (χ3v) is 2.43. The van der Waals surface area contributed by atoms with E-state index in [4.69, 9.17) is 5.11 Å². The highest BCUT2D eigenvalue weighted by Gasteiger charge is 2.35. The lowest BCUT2D eigenvalue weighted by Crippen LogP contribution is -2.31. The number of nitrogens with zero attached hydrogens (tertiary/aromatic N) is 4. The maximum atomic E-state index is 11.0. The number of aliphatic carboxylic acids is 1. The minimum Gasteiger partial charge on any atom is -0.480 e. The Morgan fingerprint density at radius 1 is 1.60 bits per heavy atom. The summed E-state index contributed by atoms with van der Waals surface area (Å²) in [4.78, 5) is 11.0. The molecule has 1 aliphatic rings. The van der Waals surface area contributed by atoms with Gasteiger partial charge in [-0.2, -0.15) is 0 Å². The summed E-state index contributed by atoms with van der Waals surface area (Å²) < 4.78 is 1.21. The van der Waals surface area contributed by atoms with Crippen molar-refractivity contribution in [1.82, 2.24) is 20.2 Å². The second kappa shape index (κ2) is 3.58. The van der Waals surface area contributed by atoms with Gasteiger partial charge in [-0.3, -0.25) is 0 Å². The number of aliphatic hydroxyl groups excluding tert-OH is 1. The second-order valence-electron chi connectivity index (χ2n) is 3.78. The first-order valence-corrected chi connectivity index (χ1v) is 4.80. The number of carbonyl (C=O) groups is 1. The Balaban J connectivity index is 2.32. The third-order valence-electron chi connectivity index (χ3n) is 2.43. The average molecular weight is 212 g/mol. The Morgan fingerprint density at radius 3 is 2.73 bits per heavy atom. The Labute approximate surface area is 85.7 Å². The molecule has 1 fully saturated rings. The topological polar surface area (TPSA) is 101 Å². The number of rotatable bonds is 4. The number of aliphatic hydroxyl groups is 1. The maximum Gasteiger partial charge on any atom is 0.331 e. The van der Waals surface area contributed by atoms with Crippen LogP contribution in [-0.2, 0) is 4.79 Å². The zero-order valence-electron chi connectivity index (χ0n) is 8.24. The molecule has 2 atom stereocenters. The van der Waals surface area contributed by atoms with Gasteiger partial charge in [0.2, 0.25) is 0 Å². The fraction of sp³-hybridized carbons (Fsp3) is 0.750. The largest absolute Gasteiger partial charge is 0.480 e. The van der Waals surface area contributed by atoms with E-state index in [1.807, 2.05) is 0 Å². The van der Waals surface area contributed by atoms with Crippen molar-refractivity contribution in [3.8, 4) is 0 Å². The van der Waals surface area contributed by atoms with E-state index in [0.717, 1.165) is 12.8 Å². The van der Waals surface area contributed by atoms with Crippen LogP contribution in [0.1, 0.15) is 37.5 Å². The summed E-state index contributed by atoms with van der Waals surface area (Å²) in [5.41, 5.74) is 0. The summed E-state index contributed by atoms with van der Waals surface area (Å²) in [6, 6.07) is -1.10. The van der Waals surface area contributed by atoms with Crippen LogP contribution < -0.4 is 0 Å². The van der Waals surface area contributed by atoms with Gasteiger partial charge in [0.15, 0.2) is 11.9 Å². The molecule has 0 bridgehead atoms. The van der Waals surface area contributed by atoms with Crippen molar-refractivity contribution in [1.29, 1.82) is 0 Å². The first-order valence-electron chi connectivity index (χ1n) is 4.80. The van der Waals surface area contributed by atoms with Crippen LogP contribution in [0.15, 0.2) is 0 Å². The van der Waals surface area contributed by atoms with E-state index in [9.17, 15) is 9.90 Å². The van der Waals surface area contributed by atoms with Gasteiger partial charge < -0.3 is 10.2 Å². The monoisotopic (exact) mass is 212 g/mol. The standard InChI is InChI=1S/C8H12N4O3/c1-4(13)6(8(14)15)12-7(5-2-3-5)9-10-11-12/h4-6,13H,2-3H2,1H3,(H,14,15). The number of hydrogen-bond acceptors (Lipinski definition) is 5. The first kappa shape index (κ1) is 10.0. The van der Waals surface area contributed by atoms with E-state index in [1.54, 1.807) is 0 Å². The first-order chi connectivity index (χ1) is 7.11. The van der Waals surface area contributed by atoms with Crippen molar-refractivity contribution >= 4 is 5.97 Å².